The van der Waals surface area contributed by atoms with Crippen LogP contribution in [0, 0.1) is 5.41 Å². The number of pyridine rings is 1. The number of piperidine rings is 1. The number of aromatic nitrogens is 1. The second kappa shape index (κ2) is 4.96. The van der Waals surface area contributed by atoms with Gasteiger partial charge in [-0.05, 0) is 18.2 Å². The third-order valence-corrected chi connectivity index (χ3v) is 3.31. The molecular formula is C15H18N2O2. The lowest BCUT2D eigenvalue weighted by Crippen LogP contribution is -2.49. The summed E-state index contributed by atoms with van der Waals surface area (Å²) in [6.07, 6.45) is 3.47. The van der Waals surface area contributed by atoms with Gasteiger partial charge in [-0.3, -0.25) is 14.6 Å². The topological polar surface area (TPSA) is 50.3 Å². The zero-order valence-corrected chi connectivity index (χ0v) is 11.5. The molecule has 19 heavy (non-hydrogen) atoms. The lowest BCUT2D eigenvalue weighted by atomic mass is 9.80. The molecule has 0 atom stereocenters. The van der Waals surface area contributed by atoms with E-state index in [1.165, 1.54) is 6.92 Å². The normalized spacial score (nSPS) is 20.7. The molecule has 1 aliphatic heterocycles. The van der Waals surface area contributed by atoms with Gasteiger partial charge in [-0.1, -0.05) is 19.9 Å². The molecule has 0 aromatic carbocycles. The highest BCUT2D eigenvalue weighted by Gasteiger charge is 2.38. The number of carbonyl (C=O) groups excluding carboxylic acids is 2. The monoisotopic (exact) mass is 258 g/mol. The second-order valence-electron chi connectivity index (χ2n) is 5.51. The lowest BCUT2D eigenvalue weighted by molar-refractivity contribution is -0.135. The van der Waals surface area contributed by atoms with Crippen molar-refractivity contribution in [2.24, 2.45) is 5.41 Å². The lowest BCUT2D eigenvalue weighted by Gasteiger charge is -2.37. The smallest absolute Gasteiger partial charge is 0.219 e. The summed E-state index contributed by atoms with van der Waals surface area (Å²) in [5.74, 6) is 0.0862. The van der Waals surface area contributed by atoms with Gasteiger partial charge >= 0.3 is 0 Å². The minimum Gasteiger partial charge on any atom is -0.337 e. The largest absolute Gasteiger partial charge is 0.337 e. The first-order valence-corrected chi connectivity index (χ1v) is 6.32. The summed E-state index contributed by atoms with van der Waals surface area (Å²) in [4.78, 5) is 29.8. The third-order valence-electron chi connectivity index (χ3n) is 3.31. The van der Waals surface area contributed by atoms with Crippen LogP contribution in [-0.4, -0.2) is 34.7 Å². The van der Waals surface area contributed by atoms with Crippen molar-refractivity contribution in [2.45, 2.75) is 20.8 Å². The third kappa shape index (κ3) is 2.89. The first-order valence-electron chi connectivity index (χ1n) is 6.32. The first kappa shape index (κ1) is 13.5. The fourth-order valence-electron chi connectivity index (χ4n) is 2.29. The highest BCUT2D eigenvalue weighted by Crippen LogP contribution is 2.29. The van der Waals surface area contributed by atoms with E-state index in [-0.39, 0.29) is 11.7 Å². The summed E-state index contributed by atoms with van der Waals surface area (Å²) in [5.41, 5.74) is 0.849. The molecule has 0 bridgehead atoms. The fourth-order valence-corrected chi connectivity index (χ4v) is 2.29. The highest BCUT2D eigenvalue weighted by molar-refractivity contribution is 6.05. The number of carbonyl (C=O) groups is 2. The van der Waals surface area contributed by atoms with Gasteiger partial charge < -0.3 is 4.90 Å². The number of hydrogen-bond donors (Lipinski definition) is 0. The number of ketones is 1. The maximum absolute atomic E-state index is 12.4. The van der Waals surface area contributed by atoms with Crippen LogP contribution in [0.3, 0.4) is 0 Å². The summed E-state index contributed by atoms with van der Waals surface area (Å²) in [6, 6.07) is 5.55. The average Bonchev–Trinajstić information content (AvgIpc) is 2.35. The molecule has 0 unspecified atom stereocenters. The molecule has 0 radical (unpaired) electrons. The van der Waals surface area contributed by atoms with Gasteiger partial charge in [-0.2, -0.15) is 0 Å². The van der Waals surface area contributed by atoms with Crippen molar-refractivity contribution >= 4 is 17.8 Å². The van der Waals surface area contributed by atoms with Crippen molar-refractivity contribution in [3.63, 3.8) is 0 Å². The zero-order valence-electron chi connectivity index (χ0n) is 11.5. The molecule has 1 saturated heterocycles. The van der Waals surface area contributed by atoms with Gasteiger partial charge in [0.15, 0.2) is 5.78 Å². The van der Waals surface area contributed by atoms with E-state index in [0.717, 1.165) is 5.69 Å². The summed E-state index contributed by atoms with van der Waals surface area (Å²) in [5, 5.41) is 0. The molecule has 4 heteroatoms. The molecule has 1 fully saturated rings. The molecule has 1 aromatic heterocycles. The molecule has 1 aromatic rings. The van der Waals surface area contributed by atoms with E-state index in [4.69, 9.17) is 0 Å². The first-order chi connectivity index (χ1) is 8.90. The van der Waals surface area contributed by atoms with E-state index in [1.54, 1.807) is 17.2 Å². The Balaban J connectivity index is 2.35. The Morgan fingerprint density at radius 3 is 2.74 bits per heavy atom. The van der Waals surface area contributed by atoms with Gasteiger partial charge in [0, 0.05) is 37.2 Å². The Morgan fingerprint density at radius 1 is 1.42 bits per heavy atom. The standard InChI is InChI=1S/C15H18N2O2/c1-11(18)17-9-12(14(19)15(2,3)10-17)8-13-6-4-5-7-16-13/h4-8H,9-10H2,1-3H3/b12-8+. The van der Waals surface area contributed by atoms with Crippen LogP contribution in [0.15, 0.2) is 30.0 Å². The van der Waals surface area contributed by atoms with Crippen LogP contribution in [0.5, 0.6) is 0 Å². The summed E-state index contributed by atoms with van der Waals surface area (Å²) in [7, 11) is 0. The van der Waals surface area contributed by atoms with Crippen LogP contribution in [0.2, 0.25) is 0 Å². The molecule has 4 nitrogen and oxygen atoms in total. The maximum Gasteiger partial charge on any atom is 0.219 e. The van der Waals surface area contributed by atoms with Crippen molar-refractivity contribution < 1.29 is 9.59 Å². The van der Waals surface area contributed by atoms with Crippen molar-refractivity contribution in [3.8, 4) is 0 Å². The van der Waals surface area contributed by atoms with E-state index >= 15 is 0 Å². The number of Topliss-reactive ketones (excluding diaryl/α,β-unsaturated/α-hetero) is 1. The molecule has 2 rings (SSSR count). The molecule has 0 aliphatic carbocycles. The molecule has 100 valence electrons. The van der Waals surface area contributed by atoms with Gasteiger partial charge in [-0.25, -0.2) is 0 Å². The molecule has 0 spiro atoms. The number of hydrogen-bond acceptors (Lipinski definition) is 3. The Labute approximate surface area is 113 Å². The van der Waals surface area contributed by atoms with Crippen molar-refractivity contribution in [3.05, 3.63) is 35.7 Å². The van der Waals surface area contributed by atoms with Gasteiger partial charge in [-0.15, -0.1) is 0 Å². The van der Waals surface area contributed by atoms with Crippen LogP contribution in [0.1, 0.15) is 26.5 Å². The molecule has 0 N–H and O–H groups in total. The van der Waals surface area contributed by atoms with Gasteiger partial charge in [0.05, 0.1) is 5.69 Å². The SMILES string of the molecule is CC(=O)N1C/C(=C\c2ccccn2)C(=O)C(C)(C)C1. The Hall–Kier alpha value is -1.97. The molecular weight excluding hydrogens is 240 g/mol. The minimum absolute atomic E-state index is 0.00695. The predicted molar refractivity (Wildman–Crippen MR) is 73.3 cm³/mol. The van der Waals surface area contributed by atoms with Crippen molar-refractivity contribution in [1.29, 1.82) is 0 Å². The van der Waals surface area contributed by atoms with Crippen LogP contribution in [-0.2, 0) is 9.59 Å². The summed E-state index contributed by atoms with van der Waals surface area (Å²) >= 11 is 0. The van der Waals surface area contributed by atoms with E-state index in [9.17, 15) is 9.59 Å². The van der Waals surface area contributed by atoms with Crippen molar-refractivity contribution in [2.75, 3.05) is 13.1 Å². The average molecular weight is 258 g/mol. The molecule has 1 amide bonds. The predicted octanol–water partition coefficient (Wildman–Crippen LogP) is 1.92. The van der Waals surface area contributed by atoms with Crippen LogP contribution in [0.4, 0.5) is 0 Å². The number of amides is 1. The fraction of sp³-hybridized carbons (Fsp3) is 0.400. The Morgan fingerprint density at radius 2 is 2.16 bits per heavy atom. The summed E-state index contributed by atoms with van der Waals surface area (Å²) < 4.78 is 0. The van der Waals surface area contributed by atoms with Crippen LogP contribution >= 0.6 is 0 Å². The zero-order chi connectivity index (χ0) is 14.0. The van der Waals surface area contributed by atoms with Crippen LogP contribution < -0.4 is 0 Å². The van der Waals surface area contributed by atoms with E-state index in [0.29, 0.717) is 18.7 Å². The van der Waals surface area contributed by atoms with E-state index in [2.05, 4.69) is 4.98 Å². The Kier molecular flexibility index (Phi) is 3.51. The molecule has 0 saturated carbocycles. The van der Waals surface area contributed by atoms with E-state index < -0.39 is 5.41 Å². The Bertz CT molecular complexity index is 532. The van der Waals surface area contributed by atoms with E-state index in [1.807, 2.05) is 32.0 Å². The molecule has 2 heterocycles. The summed E-state index contributed by atoms with van der Waals surface area (Å²) in [6.45, 7) is 6.12. The van der Waals surface area contributed by atoms with Crippen molar-refractivity contribution in [1.82, 2.24) is 9.88 Å². The minimum atomic E-state index is -0.537. The highest BCUT2D eigenvalue weighted by atomic mass is 16.2. The number of rotatable bonds is 1. The van der Waals surface area contributed by atoms with Crippen LogP contribution in [0.25, 0.3) is 6.08 Å². The quantitative estimate of drug-likeness (QED) is 0.723. The number of likely N-dealkylation sites (tertiary alicyclic amines) is 1. The van der Waals surface area contributed by atoms with Gasteiger partial charge in [0.2, 0.25) is 5.91 Å². The van der Waals surface area contributed by atoms with Gasteiger partial charge in [0.25, 0.3) is 0 Å². The van der Waals surface area contributed by atoms with Gasteiger partial charge in [0.1, 0.15) is 0 Å². The second-order valence-corrected chi connectivity index (χ2v) is 5.51. The molecule has 1 aliphatic rings. The number of nitrogens with zero attached hydrogens (tertiary/aromatic N) is 2. The maximum atomic E-state index is 12.4.